The smallest absolute Gasteiger partial charge is 0.126 e. The van der Waals surface area contributed by atoms with Crippen molar-refractivity contribution in [2.45, 2.75) is 45.5 Å². The van der Waals surface area contributed by atoms with E-state index in [1.807, 2.05) is 13.8 Å². The minimum Gasteiger partial charge on any atom is -0.507 e. The molecular weight excluding hydrogens is 220 g/mol. The summed E-state index contributed by atoms with van der Waals surface area (Å²) in [6, 6.07) is 3.17. The first kappa shape index (κ1) is 14.0. The fraction of sp³-hybridized carbons (Fsp3) is 0.538. The van der Waals surface area contributed by atoms with Crippen molar-refractivity contribution in [3.05, 3.63) is 28.8 Å². The number of aliphatic hydroxyl groups is 3. The van der Waals surface area contributed by atoms with Crippen molar-refractivity contribution >= 4 is 0 Å². The van der Waals surface area contributed by atoms with Crippen molar-refractivity contribution in [3.8, 4) is 5.75 Å². The number of benzene rings is 1. The third-order valence-electron chi connectivity index (χ3n) is 3.32. The first-order valence-corrected chi connectivity index (χ1v) is 5.81. The van der Waals surface area contributed by atoms with Crippen molar-refractivity contribution in [1.82, 2.24) is 0 Å². The van der Waals surface area contributed by atoms with Crippen molar-refractivity contribution in [1.29, 1.82) is 0 Å². The topological polar surface area (TPSA) is 80.9 Å². The lowest BCUT2D eigenvalue weighted by molar-refractivity contribution is 0.0280. The minimum atomic E-state index is -0.985. The van der Waals surface area contributed by atoms with Crippen LogP contribution in [0.2, 0.25) is 0 Å². The maximum absolute atomic E-state index is 10.4. The third-order valence-corrected chi connectivity index (χ3v) is 3.32. The van der Waals surface area contributed by atoms with Crippen LogP contribution in [0.25, 0.3) is 0 Å². The highest BCUT2D eigenvalue weighted by atomic mass is 16.3. The van der Waals surface area contributed by atoms with Gasteiger partial charge in [0.05, 0.1) is 18.8 Å². The Kier molecular flexibility index (Phi) is 4.51. The van der Waals surface area contributed by atoms with Crippen LogP contribution in [0.5, 0.6) is 5.75 Å². The van der Waals surface area contributed by atoms with Crippen molar-refractivity contribution in [2.75, 3.05) is 0 Å². The number of phenols is 1. The molecule has 0 saturated heterocycles. The van der Waals surface area contributed by atoms with E-state index >= 15 is 0 Å². The highest BCUT2D eigenvalue weighted by Gasteiger charge is 2.26. The predicted molar refractivity (Wildman–Crippen MR) is 64.4 cm³/mol. The molecular formula is C13H20O4. The molecule has 0 heterocycles. The Morgan fingerprint density at radius 3 is 1.71 bits per heavy atom. The summed E-state index contributed by atoms with van der Waals surface area (Å²) in [5.74, 6) is -0.103. The molecule has 0 fully saturated rings. The van der Waals surface area contributed by atoms with E-state index in [-0.39, 0.29) is 19.0 Å². The SMILES string of the molecule is CCC(O)(CC)c1cc(CO)c(O)c(CO)c1. The fourth-order valence-electron chi connectivity index (χ4n) is 1.93. The van der Waals surface area contributed by atoms with E-state index in [1.54, 1.807) is 12.1 Å². The van der Waals surface area contributed by atoms with Gasteiger partial charge in [0.2, 0.25) is 0 Å². The zero-order chi connectivity index (χ0) is 13.1. The Morgan fingerprint density at radius 1 is 1.00 bits per heavy atom. The van der Waals surface area contributed by atoms with E-state index in [9.17, 15) is 10.2 Å². The largest absolute Gasteiger partial charge is 0.507 e. The van der Waals surface area contributed by atoms with Gasteiger partial charge in [-0.05, 0) is 30.5 Å². The Hall–Kier alpha value is -1.10. The summed E-state index contributed by atoms with van der Waals surface area (Å²) in [6.45, 7) is 3.09. The van der Waals surface area contributed by atoms with Gasteiger partial charge in [0, 0.05) is 11.1 Å². The average Bonchev–Trinajstić information content (AvgIpc) is 2.38. The van der Waals surface area contributed by atoms with Crippen LogP contribution < -0.4 is 0 Å². The Balaban J connectivity index is 3.35. The second-order valence-electron chi connectivity index (χ2n) is 4.20. The molecule has 0 aliphatic carbocycles. The van der Waals surface area contributed by atoms with E-state index < -0.39 is 5.60 Å². The molecule has 0 atom stereocenters. The highest BCUT2D eigenvalue weighted by Crippen LogP contribution is 2.34. The van der Waals surface area contributed by atoms with Crippen LogP contribution in [0.4, 0.5) is 0 Å². The average molecular weight is 240 g/mol. The molecule has 4 N–H and O–H groups in total. The Morgan fingerprint density at radius 2 is 1.41 bits per heavy atom. The molecule has 0 aromatic heterocycles. The van der Waals surface area contributed by atoms with Crippen LogP contribution >= 0.6 is 0 Å². The summed E-state index contributed by atoms with van der Waals surface area (Å²) in [5.41, 5.74) is 0.286. The quantitative estimate of drug-likeness (QED) is 0.627. The molecule has 0 radical (unpaired) electrons. The first-order valence-electron chi connectivity index (χ1n) is 5.81. The molecule has 17 heavy (non-hydrogen) atoms. The summed E-state index contributed by atoms with van der Waals surface area (Å²) in [6.07, 6.45) is 1.06. The number of hydrogen-bond acceptors (Lipinski definition) is 4. The molecule has 0 aliphatic heterocycles. The third kappa shape index (κ3) is 2.60. The van der Waals surface area contributed by atoms with Crippen LogP contribution in [0, 0.1) is 0 Å². The van der Waals surface area contributed by atoms with Crippen LogP contribution in [0.1, 0.15) is 43.4 Å². The van der Waals surface area contributed by atoms with Gasteiger partial charge in [-0.3, -0.25) is 0 Å². The molecule has 1 rings (SSSR count). The van der Waals surface area contributed by atoms with Gasteiger partial charge in [-0.2, -0.15) is 0 Å². The zero-order valence-electron chi connectivity index (χ0n) is 10.3. The Labute approximate surface area is 101 Å². The predicted octanol–water partition coefficient (Wildman–Crippen LogP) is 1.38. The van der Waals surface area contributed by atoms with Crippen molar-refractivity contribution < 1.29 is 20.4 Å². The van der Waals surface area contributed by atoms with Crippen LogP contribution in [-0.4, -0.2) is 20.4 Å². The standard InChI is InChI=1S/C13H20O4/c1-3-13(17,4-2)11-5-9(7-14)12(16)10(6-11)8-15/h5-6,14-17H,3-4,7-8H2,1-2H3. The summed E-state index contributed by atoms with van der Waals surface area (Å²) in [4.78, 5) is 0. The molecule has 4 heteroatoms. The minimum absolute atomic E-state index is 0.103. The molecule has 0 aliphatic rings. The number of aromatic hydroxyl groups is 1. The van der Waals surface area contributed by atoms with E-state index in [0.717, 1.165) is 0 Å². The van der Waals surface area contributed by atoms with Crippen molar-refractivity contribution in [3.63, 3.8) is 0 Å². The number of hydrogen-bond donors (Lipinski definition) is 4. The zero-order valence-corrected chi connectivity index (χ0v) is 10.3. The highest BCUT2D eigenvalue weighted by molar-refractivity contribution is 5.44. The Bertz CT molecular complexity index is 358. The van der Waals surface area contributed by atoms with Crippen LogP contribution in [-0.2, 0) is 18.8 Å². The van der Waals surface area contributed by atoms with Gasteiger partial charge in [0.1, 0.15) is 5.75 Å². The molecule has 0 bridgehead atoms. The molecule has 0 saturated carbocycles. The van der Waals surface area contributed by atoms with E-state index in [4.69, 9.17) is 10.2 Å². The monoisotopic (exact) mass is 240 g/mol. The summed E-state index contributed by atoms with van der Waals surface area (Å²) >= 11 is 0. The fourth-order valence-corrected chi connectivity index (χ4v) is 1.93. The summed E-state index contributed by atoms with van der Waals surface area (Å²) in [7, 11) is 0. The van der Waals surface area contributed by atoms with Gasteiger partial charge in [-0.15, -0.1) is 0 Å². The van der Waals surface area contributed by atoms with E-state index in [2.05, 4.69) is 0 Å². The molecule has 0 amide bonds. The van der Waals surface area contributed by atoms with Gasteiger partial charge < -0.3 is 20.4 Å². The van der Waals surface area contributed by atoms with Crippen LogP contribution in [0.15, 0.2) is 12.1 Å². The summed E-state index contributed by atoms with van der Waals surface area (Å²) in [5, 5.41) is 38.4. The lowest BCUT2D eigenvalue weighted by atomic mass is 9.86. The van der Waals surface area contributed by atoms with Gasteiger partial charge in [-0.25, -0.2) is 0 Å². The number of aliphatic hydroxyl groups excluding tert-OH is 2. The molecule has 96 valence electrons. The second-order valence-corrected chi connectivity index (χ2v) is 4.20. The van der Waals surface area contributed by atoms with Crippen molar-refractivity contribution in [2.24, 2.45) is 0 Å². The number of rotatable bonds is 5. The summed E-state index contributed by atoms with van der Waals surface area (Å²) < 4.78 is 0. The first-order chi connectivity index (χ1) is 8.02. The molecule has 0 spiro atoms. The van der Waals surface area contributed by atoms with Crippen LogP contribution in [0.3, 0.4) is 0 Å². The lowest BCUT2D eigenvalue weighted by Gasteiger charge is -2.27. The maximum Gasteiger partial charge on any atom is 0.126 e. The van der Waals surface area contributed by atoms with Gasteiger partial charge >= 0.3 is 0 Å². The van der Waals surface area contributed by atoms with E-state index in [1.165, 1.54) is 0 Å². The second kappa shape index (κ2) is 5.49. The molecule has 1 aromatic rings. The van der Waals surface area contributed by atoms with Gasteiger partial charge in [-0.1, -0.05) is 13.8 Å². The molecule has 4 nitrogen and oxygen atoms in total. The normalized spacial score (nSPS) is 11.8. The van der Waals surface area contributed by atoms with Gasteiger partial charge in [0.15, 0.2) is 0 Å². The van der Waals surface area contributed by atoms with Gasteiger partial charge in [0.25, 0.3) is 0 Å². The maximum atomic E-state index is 10.4. The lowest BCUT2D eigenvalue weighted by Crippen LogP contribution is -2.24. The molecule has 0 unspecified atom stereocenters. The van der Waals surface area contributed by atoms with E-state index in [0.29, 0.717) is 29.5 Å². The molecule has 1 aromatic carbocycles.